The number of hydrogen-bond donors (Lipinski definition) is 0. The van der Waals surface area contributed by atoms with Crippen LogP contribution in [0, 0.1) is 0 Å². The first-order valence-corrected chi connectivity index (χ1v) is 13.4. The number of aromatic nitrogens is 2. The van der Waals surface area contributed by atoms with E-state index in [-0.39, 0.29) is 5.92 Å². The number of nitrogens with zero attached hydrogens (tertiary/aromatic N) is 2. The van der Waals surface area contributed by atoms with Crippen LogP contribution in [-0.4, -0.2) is 55.9 Å². The van der Waals surface area contributed by atoms with Gasteiger partial charge < -0.3 is 28.1 Å². The van der Waals surface area contributed by atoms with E-state index in [1.54, 1.807) is 7.11 Å². The van der Waals surface area contributed by atoms with E-state index in [4.69, 9.17) is 18.9 Å². The molecule has 1 aliphatic rings. The molecule has 0 N–H and O–H groups in total. The quantitative estimate of drug-likeness (QED) is 0.299. The lowest BCUT2D eigenvalue weighted by molar-refractivity contribution is 0.0121. The SMILES string of the molecule is COc1ccc(C2c3cn(c4ccccc34)CCOCCOCCOCCn3cc2c2ccccc23)cc1. The molecule has 0 atom stereocenters. The van der Waals surface area contributed by atoms with E-state index >= 15 is 0 Å². The van der Waals surface area contributed by atoms with Crippen LogP contribution in [0.25, 0.3) is 21.8 Å². The van der Waals surface area contributed by atoms with Gasteiger partial charge in [-0.2, -0.15) is 0 Å². The molecule has 6 rings (SSSR count). The van der Waals surface area contributed by atoms with E-state index in [1.807, 2.05) is 0 Å². The fourth-order valence-corrected chi connectivity index (χ4v) is 5.57. The van der Waals surface area contributed by atoms with Crippen molar-refractivity contribution in [2.24, 2.45) is 0 Å². The van der Waals surface area contributed by atoms with Gasteiger partial charge in [-0.05, 0) is 41.0 Å². The average molecular weight is 511 g/mol. The number of fused-ring (bicyclic) bond motifs is 10. The molecule has 6 heteroatoms. The first-order valence-electron chi connectivity index (χ1n) is 13.4. The molecule has 1 aliphatic heterocycles. The highest BCUT2D eigenvalue weighted by Gasteiger charge is 2.25. The van der Waals surface area contributed by atoms with Gasteiger partial charge in [0.25, 0.3) is 0 Å². The van der Waals surface area contributed by atoms with Crippen molar-refractivity contribution in [3.8, 4) is 5.75 Å². The third-order valence-corrected chi connectivity index (χ3v) is 7.41. The number of ether oxygens (including phenoxy) is 4. The Morgan fingerprint density at radius 3 is 1.58 bits per heavy atom. The van der Waals surface area contributed by atoms with Crippen LogP contribution in [0.4, 0.5) is 0 Å². The van der Waals surface area contributed by atoms with Crippen molar-refractivity contribution in [1.82, 2.24) is 9.13 Å². The van der Waals surface area contributed by atoms with Crippen LogP contribution in [0.15, 0.2) is 85.2 Å². The van der Waals surface area contributed by atoms with E-state index in [1.165, 1.54) is 38.5 Å². The van der Waals surface area contributed by atoms with Crippen molar-refractivity contribution in [3.05, 3.63) is 102 Å². The summed E-state index contributed by atoms with van der Waals surface area (Å²) in [4.78, 5) is 0. The molecule has 0 fully saturated rings. The summed E-state index contributed by atoms with van der Waals surface area (Å²) in [5.74, 6) is 0.907. The van der Waals surface area contributed by atoms with E-state index in [2.05, 4.69) is 94.3 Å². The lowest BCUT2D eigenvalue weighted by Crippen LogP contribution is -2.13. The fraction of sp³-hybridized carbons (Fsp3) is 0.312. The minimum Gasteiger partial charge on any atom is -0.497 e. The van der Waals surface area contributed by atoms with Crippen LogP contribution in [0.3, 0.4) is 0 Å². The van der Waals surface area contributed by atoms with Crippen molar-refractivity contribution in [1.29, 1.82) is 0 Å². The zero-order chi connectivity index (χ0) is 25.7. The molecule has 5 aromatic rings. The minimum atomic E-state index is 0.0485. The molecule has 0 radical (unpaired) electrons. The molecule has 0 saturated carbocycles. The maximum Gasteiger partial charge on any atom is 0.118 e. The van der Waals surface area contributed by atoms with Crippen LogP contribution in [0.1, 0.15) is 22.6 Å². The molecule has 196 valence electrons. The highest BCUT2D eigenvalue weighted by Crippen LogP contribution is 2.41. The summed E-state index contributed by atoms with van der Waals surface area (Å²) in [5, 5.41) is 2.52. The topological polar surface area (TPSA) is 46.8 Å². The smallest absolute Gasteiger partial charge is 0.118 e. The van der Waals surface area contributed by atoms with Crippen molar-refractivity contribution in [2.75, 3.05) is 46.8 Å². The summed E-state index contributed by atoms with van der Waals surface area (Å²) in [5.41, 5.74) is 6.24. The van der Waals surface area contributed by atoms with Gasteiger partial charge in [0.05, 0.1) is 46.8 Å². The zero-order valence-corrected chi connectivity index (χ0v) is 21.8. The Bertz CT molecular complexity index is 1410. The standard InChI is InChI=1S/C32H34N2O4/c1-35-25-12-10-24(11-13-25)32-28-22-33(30-8-4-2-6-26(28)30)14-16-36-18-20-38-21-19-37-17-15-34-23-29(32)27-7-3-5-9-31(27)34/h2-13,22-23,32H,14-21H2,1H3. The van der Waals surface area contributed by atoms with Crippen LogP contribution in [0.5, 0.6) is 5.75 Å². The molecule has 3 heterocycles. The highest BCUT2D eigenvalue weighted by atomic mass is 16.5. The third-order valence-electron chi connectivity index (χ3n) is 7.41. The predicted molar refractivity (Wildman–Crippen MR) is 150 cm³/mol. The molecule has 6 nitrogen and oxygen atoms in total. The number of benzene rings is 3. The lowest BCUT2D eigenvalue weighted by Gasteiger charge is -2.18. The summed E-state index contributed by atoms with van der Waals surface area (Å²) in [6, 6.07) is 25.9. The summed E-state index contributed by atoms with van der Waals surface area (Å²) in [6.45, 7) is 5.13. The number of methoxy groups -OCH3 is 1. The van der Waals surface area contributed by atoms with Gasteiger partial charge in [0.2, 0.25) is 0 Å². The zero-order valence-electron chi connectivity index (χ0n) is 21.8. The Hall–Kier alpha value is -3.58. The van der Waals surface area contributed by atoms with Crippen LogP contribution in [-0.2, 0) is 27.3 Å². The molecule has 0 aliphatic carbocycles. The van der Waals surface area contributed by atoms with Gasteiger partial charge in [-0.3, -0.25) is 0 Å². The molecular weight excluding hydrogens is 476 g/mol. The average Bonchev–Trinajstić information content (AvgIpc) is 3.51. The second kappa shape index (κ2) is 11.4. The third kappa shape index (κ3) is 4.95. The maximum atomic E-state index is 5.91. The van der Waals surface area contributed by atoms with Crippen molar-refractivity contribution in [3.63, 3.8) is 0 Å². The summed E-state index contributed by atoms with van der Waals surface area (Å²) in [6.07, 6.45) is 4.63. The minimum absolute atomic E-state index is 0.0485. The first-order chi connectivity index (χ1) is 18.8. The maximum absolute atomic E-state index is 5.91. The second-order valence-electron chi connectivity index (χ2n) is 9.63. The molecule has 0 saturated heterocycles. The summed E-state index contributed by atoms with van der Waals surface area (Å²) < 4.78 is 27.7. The Morgan fingerprint density at radius 1 is 0.605 bits per heavy atom. The van der Waals surface area contributed by atoms with Crippen LogP contribution < -0.4 is 4.74 Å². The van der Waals surface area contributed by atoms with Gasteiger partial charge in [0, 0.05) is 53.2 Å². The Morgan fingerprint density at radius 2 is 1.08 bits per heavy atom. The van der Waals surface area contributed by atoms with Crippen molar-refractivity contribution in [2.45, 2.75) is 19.0 Å². The largest absolute Gasteiger partial charge is 0.497 e. The van der Waals surface area contributed by atoms with Gasteiger partial charge in [-0.1, -0.05) is 48.5 Å². The van der Waals surface area contributed by atoms with Gasteiger partial charge in [0.15, 0.2) is 0 Å². The number of rotatable bonds is 2. The number of para-hydroxylation sites is 2. The van der Waals surface area contributed by atoms with Crippen molar-refractivity contribution >= 4 is 21.8 Å². The first kappa shape index (κ1) is 24.7. The van der Waals surface area contributed by atoms with Crippen LogP contribution in [0.2, 0.25) is 0 Å². The van der Waals surface area contributed by atoms with E-state index in [9.17, 15) is 0 Å². The monoisotopic (exact) mass is 510 g/mol. The molecular formula is C32H34N2O4. The van der Waals surface area contributed by atoms with Gasteiger partial charge in [-0.15, -0.1) is 0 Å². The molecule has 3 aromatic carbocycles. The van der Waals surface area contributed by atoms with Gasteiger partial charge in [-0.25, -0.2) is 0 Å². The van der Waals surface area contributed by atoms with Gasteiger partial charge >= 0.3 is 0 Å². The molecule has 0 amide bonds. The number of hydrogen-bond acceptors (Lipinski definition) is 4. The highest BCUT2D eigenvalue weighted by molar-refractivity contribution is 5.90. The Balaban J connectivity index is 1.54. The van der Waals surface area contributed by atoms with E-state index in [0.717, 1.165) is 18.8 Å². The summed E-state index contributed by atoms with van der Waals surface area (Å²) >= 11 is 0. The van der Waals surface area contributed by atoms with E-state index < -0.39 is 0 Å². The molecule has 0 unspecified atom stereocenters. The Kier molecular flexibility index (Phi) is 7.45. The molecule has 0 spiro atoms. The van der Waals surface area contributed by atoms with E-state index in [0.29, 0.717) is 39.6 Å². The molecule has 38 heavy (non-hydrogen) atoms. The van der Waals surface area contributed by atoms with Crippen molar-refractivity contribution < 1.29 is 18.9 Å². The lowest BCUT2D eigenvalue weighted by atomic mass is 9.85. The second-order valence-corrected chi connectivity index (χ2v) is 9.63. The normalized spacial score (nSPS) is 16.3. The Labute approximate surface area is 223 Å². The molecule has 2 aromatic heterocycles. The predicted octanol–water partition coefficient (Wildman–Crippen LogP) is 5.85. The molecule has 4 bridgehead atoms. The van der Waals surface area contributed by atoms with Crippen LogP contribution >= 0.6 is 0 Å². The van der Waals surface area contributed by atoms with Gasteiger partial charge in [0.1, 0.15) is 5.75 Å². The summed E-state index contributed by atoms with van der Waals surface area (Å²) in [7, 11) is 1.71. The fourth-order valence-electron chi connectivity index (χ4n) is 5.57.